The molecule has 3 N–H and O–H groups in total. The fourth-order valence-corrected chi connectivity index (χ4v) is 4.14. The molecule has 3 heterocycles. The van der Waals surface area contributed by atoms with Crippen molar-refractivity contribution in [2.75, 3.05) is 29.4 Å². The van der Waals surface area contributed by atoms with Crippen LogP contribution in [0.25, 0.3) is 16.6 Å². The summed E-state index contributed by atoms with van der Waals surface area (Å²) in [7, 11) is 0. The Labute approximate surface area is 167 Å². The fraction of sp³-hybridized carbons (Fsp3) is 0.273. The molecule has 2 aliphatic rings. The molecule has 0 unspecified atom stereocenters. The highest BCUT2D eigenvalue weighted by molar-refractivity contribution is 6.30. The second-order valence-corrected chi connectivity index (χ2v) is 7.57. The van der Waals surface area contributed by atoms with Crippen LogP contribution >= 0.6 is 0 Å². The Morgan fingerprint density at radius 1 is 1.00 bits per heavy atom. The summed E-state index contributed by atoms with van der Waals surface area (Å²) in [5, 5.41) is 19.1. The van der Waals surface area contributed by atoms with Gasteiger partial charge < -0.3 is 19.9 Å². The number of rotatable bonds is 3. The third kappa shape index (κ3) is 3.12. The summed E-state index contributed by atoms with van der Waals surface area (Å²) in [5.41, 5.74) is 3.52. The predicted molar refractivity (Wildman–Crippen MR) is 113 cm³/mol. The SMILES string of the molecule is N=C1C(c2nc3ccc(F)cc3[nH]2)=C(O)CN1c1ccc(N2CCCCC2)cc1. The number of aromatic nitrogens is 2. The quantitative estimate of drug-likeness (QED) is 0.616. The molecule has 6 nitrogen and oxygen atoms in total. The molecule has 1 saturated heterocycles. The maximum Gasteiger partial charge on any atom is 0.145 e. The zero-order valence-corrected chi connectivity index (χ0v) is 16.0. The molecule has 1 fully saturated rings. The lowest BCUT2D eigenvalue weighted by molar-refractivity contribution is 0.411. The number of imidazole rings is 1. The second-order valence-electron chi connectivity index (χ2n) is 7.57. The molecule has 0 atom stereocenters. The summed E-state index contributed by atoms with van der Waals surface area (Å²) < 4.78 is 13.5. The molecule has 0 spiro atoms. The number of hydrogen-bond acceptors (Lipinski definition) is 4. The number of H-pyrrole nitrogens is 1. The van der Waals surface area contributed by atoms with Crippen LogP contribution in [-0.2, 0) is 0 Å². The predicted octanol–water partition coefficient (Wildman–Crippen LogP) is 4.46. The Morgan fingerprint density at radius 3 is 2.48 bits per heavy atom. The summed E-state index contributed by atoms with van der Waals surface area (Å²) >= 11 is 0. The largest absolute Gasteiger partial charge is 0.509 e. The molecule has 2 aromatic carbocycles. The number of hydrogen-bond donors (Lipinski definition) is 3. The number of benzene rings is 2. The van der Waals surface area contributed by atoms with E-state index in [1.54, 1.807) is 11.0 Å². The standard InChI is InChI=1S/C22H22FN5O/c23-14-4-9-17-18(12-14)26-22(25-17)20-19(29)13-28(21(20)24)16-7-5-15(6-8-16)27-10-2-1-3-11-27/h4-9,12,24,29H,1-3,10-11,13H2,(H,25,26). The highest BCUT2D eigenvalue weighted by Gasteiger charge is 2.31. The van der Waals surface area contributed by atoms with Gasteiger partial charge in [0.2, 0.25) is 0 Å². The van der Waals surface area contributed by atoms with Gasteiger partial charge >= 0.3 is 0 Å². The molecule has 0 bridgehead atoms. The van der Waals surface area contributed by atoms with Gasteiger partial charge in [0.05, 0.1) is 23.2 Å². The number of aromatic amines is 1. The van der Waals surface area contributed by atoms with Gasteiger partial charge in [0.25, 0.3) is 0 Å². The maximum absolute atomic E-state index is 13.5. The highest BCUT2D eigenvalue weighted by Crippen LogP contribution is 2.32. The number of fused-ring (bicyclic) bond motifs is 1. The van der Waals surface area contributed by atoms with Crippen LogP contribution in [0.2, 0.25) is 0 Å². The minimum absolute atomic E-state index is 0.0784. The second kappa shape index (κ2) is 6.92. The van der Waals surface area contributed by atoms with Crippen molar-refractivity contribution in [2.45, 2.75) is 19.3 Å². The molecule has 1 aromatic heterocycles. The van der Waals surface area contributed by atoms with Crippen molar-refractivity contribution in [3.05, 3.63) is 59.9 Å². The van der Waals surface area contributed by atoms with Crippen molar-refractivity contribution < 1.29 is 9.50 Å². The van der Waals surface area contributed by atoms with Gasteiger partial charge in [0.1, 0.15) is 23.2 Å². The first kappa shape index (κ1) is 17.7. The van der Waals surface area contributed by atoms with Gasteiger partial charge in [0, 0.05) is 24.5 Å². The van der Waals surface area contributed by atoms with Gasteiger partial charge in [-0.25, -0.2) is 9.37 Å². The van der Waals surface area contributed by atoms with Crippen LogP contribution in [0.15, 0.2) is 48.2 Å². The summed E-state index contributed by atoms with van der Waals surface area (Å²) in [6, 6.07) is 12.4. The van der Waals surface area contributed by atoms with Gasteiger partial charge in [-0.15, -0.1) is 0 Å². The van der Waals surface area contributed by atoms with E-state index in [1.165, 1.54) is 37.1 Å². The average Bonchev–Trinajstić information content (AvgIpc) is 3.28. The Bertz CT molecular complexity index is 1110. The van der Waals surface area contributed by atoms with Crippen molar-refractivity contribution in [3.8, 4) is 0 Å². The first-order valence-corrected chi connectivity index (χ1v) is 9.89. The smallest absolute Gasteiger partial charge is 0.145 e. The zero-order chi connectivity index (χ0) is 20.0. The van der Waals surface area contributed by atoms with E-state index in [-0.39, 0.29) is 24.0 Å². The Kier molecular flexibility index (Phi) is 4.23. The van der Waals surface area contributed by atoms with E-state index in [1.807, 2.05) is 12.1 Å². The number of amidine groups is 1. The van der Waals surface area contributed by atoms with Gasteiger partial charge in [-0.2, -0.15) is 0 Å². The zero-order valence-electron chi connectivity index (χ0n) is 16.0. The fourth-order valence-electron chi connectivity index (χ4n) is 4.14. The van der Waals surface area contributed by atoms with Gasteiger partial charge in [0.15, 0.2) is 0 Å². The third-order valence-corrected chi connectivity index (χ3v) is 5.67. The highest BCUT2D eigenvalue weighted by atomic mass is 19.1. The van der Waals surface area contributed by atoms with Crippen LogP contribution < -0.4 is 9.80 Å². The van der Waals surface area contributed by atoms with E-state index in [0.717, 1.165) is 18.8 Å². The number of aliphatic hydroxyl groups is 1. The number of nitrogens with one attached hydrogen (secondary N) is 2. The lowest BCUT2D eigenvalue weighted by atomic mass is 10.1. The van der Waals surface area contributed by atoms with Crippen LogP contribution in [-0.4, -0.2) is 40.5 Å². The summed E-state index contributed by atoms with van der Waals surface area (Å²) in [6.07, 6.45) is 3.74. The number of anilines is 2. The molecule has 0 aliphatic carbocycles. The van der Waals surface area contributed by atoms with Crippen molar-refractivity contribution in [3.63, 3.8) is 0 Å². The van der Waals surface area contributed by atoms with Crippen LogP contribution in [0, 0.1) is 11.2 Å². The van der Waals surface area contributed by atoms with Crippen molar-refractivity contribution in [1.29, 1.82) is 5.41 Å². The van der Waals surface area contributed by atoms with E-state index < -0.39 is 0 Å². The number of aliphatic hydroxyl groups excluding tert-OH is 1. The molecular formula is C22H22FN5O. The first-order valence-electron chi connectivity index (χ1n) is 9.89. The summed E-state index contributed by atoms with van der Waals surface area (Å²) in [6.45, 7) is 2.37. The minimum atomic E-state index is -0.358. The van der Waals surface area contributed by atoms with Crippen LogP contribution in [0.1, 0.15) is 25.1 Å². The van der Waals surface area contributed by atoms with Gasteiger partial charge in [-0.3, -0.25) is 5.41 Å². The molecular weight excluding hydrogens is 369 g/mol. The molecule has 0 amide bonds. The Balaban J connectivity index is 1.40. The molecule has 3 aromatic rings. The molecule has 0 saturated carbocycles. The van der Waals surface area contributed by atoms with Gasteiger partial charge in [-0.1, -0.05) is 0 Å². The minimum Gasteiger partial charge on any atom is -0.509 e. The van der Waals surface area contributed by atoms with E-state index in [2.05, 4.69) is 27.0 Å². The maximum atomic E-state index is 13.5. The van der Waals surface area contributed by atoms with Crippen molar-refractivity contribution in [1.82, 2.24) is 9.97 Å². The normalized spacial score (nSPS) is 17.6. The van der Waals surface area contributed by atoms with Crippen molar-refractivity contribution >= 4 is 33.8 Å². The molecule has 0 radical (unpaired) electrons. The monoisotopic (exact) mass is 391 g/mol. The topological polar surface area (TPSA) is 79.2 Å². The molecule has 2 aliphatic heterocycles. The first-order chi connectivity index (χ1) is 14.1. The molecule has 5 rings (SSSR count). The van der Waals surface area contributed by atoms with E-state index in [9.17, 15) is 9.50 Å². The number of halogens is 1. The summed E-state index contributed by atoms with van der Waals surface area (Å²) in [4.78, 5) is 11.6. The molecule has 148 valence electrons. The third-order valence-electron chi connectivity index (χ3n) is 5.67. The van der Waals surface area contributed by atoms with E-state index in [4.69, 9.17) is 5.41 Å². The van der Waals surface area contributed by atoms with Crippen LogP contribution in [0.5, 0.6) is 0 Å². The van der Waals surface area contributed by atoms with Crippen molar-refractivity contribution in [2.24, 2.45) is 0 Å². The van der Waals surface area contributed by atoms with Gasteiger partial charge in [-0.05, 0) is 61.7 Å². The van der Waals surface area contributed by atoms with Crippen LogP contribution in [0.4, 0.5) is 15.8 Å². The number of piperidine rings is 1. The molecule has 7 heteroatoms. The Hall–Kier alpha value is -3.35. The Morgan fingerprint density at radius 2 is 1.72 bits per heavy atom. The average molecular weight is 391 g/mol. The lowest BCUT2D eigenvalue weighted by Crippen LogP contribution is -2.29. The summed E-state index contributed by atoms with van der Waals surface area (Å²) in [5.74, 6) is 0.269. The van der Waals surface area contributed by atoms with Crippen LogP contribution in [0.3, 0.4) is 0 Å². The lowest BCUT2D eigenvalue weighted by Gasteiger charge is -2.29. The van der Waals surface area contributed by atoms with E-state index >= 15 is 0 Å². The molecule has 29 heavy (non-hydrogen) atoms. The number of nitrogens with zero attached hydrogens (tertiary/aromatic N) is 3. The van der Waals surface area contributed by atoms with E-state index in [0.29, 0.717) is 22.4 Å².